The summed E-state index contributed by atoms with van der Waals surface area (Å²) in [5.74, 6) is -0.372. The standard InChI is InChI=1S/C18H20ClN3O2/c1-3-20-18(24)13-6-4-7-14(10-13)22-17(23)11-21-16-9-5-8-15(19)12(16)2/h4-10,21H,3,11H2,1-2H3,(H,20,24)(H,22,23). The number of amides is 2. The highest BCUT2D eigenvalue weighted by atomic mass is 35.5. The number of rotatable bonds is 6. The van der Waals surface area contributed by atoms with Crippen LogP contribution in [-0.2, 0) is 4.79 Å². The third-order valence-electron chi connectivity index (χ3n) is 3.45. The maximum Gasteiger partial charge on any atom is 0.251 e. The normalized spacial score (nSPS) is 10.1. The molecule has 0 radical (unpaired) electrons. The summed E-state index contributed by atoms with van der Waals surface area (Å²) in [5, 5.41) is 9.20. The zero-order chi connectivity index (χ0) is 17.5. The van der Waals surface area contributed by atoms with Crippen molar-refractivity contribution in [1.29, 1.82) is 0 Å². The van der Waals surface area contributed by atoms with Crippen LogP contribution in [0, 0.1) is 6.92 Å². The number of hydrogen-bond acceptors (Lipinski definition) is 3. The lowest BCUT2D eigenvalue weighted by Gasteiger charge is -2.11. The topological polar surface area (TPSA) is 70.2 Å². The van der Waals surface area contributed by atoms with Crippen molar-refractivity contribution < 1.29 is 9.59 Å². The molecule has 0 fully saturated rings. The van der Waals surface area contributed by atoms with Crippen molar-refractivity contribution >= 4 is 34.8 Å². The van der Waals surface area contributed by atoms with Crippen LogP contribution in [0.4, 0.5) is 11.4 Å². The number of halogens is 1. The summed E-state index contributed by atoms with van der Waals surface area (Å²) in [6, 6.07) is 12.3. The number of hydrogen-bond donors (Lipinski definition) is 3. The van der Waals surface area contributed by atoms with Gasteiger partial charge in [0.05, 0.1) is 6.54 Å². The molecule has 0 aliphatic rings. The Kier molecular flexibility index (Phi) is 6.21. The van der Waals surface area contributed by atoms with Crippen LogP contribution in [0.2, 0.25) is 5.02 Å². The minimum atomic E-state index is -0.206. The summed E-state index contributed by atoms with van der Waals surface area (Å²) in [5.41, 5.74) is 2.79. The molecule has 0 saturated carbocycles. The van der Waals surface area contributed by atoms with E-state index < -0.39 is 0 Å². The summed E-state index contributed by atoms with van der Waals surface area (Å²) < 4.78 is 0. The van der Waals surface area contributed by atoms with Crippen LogP contribution in [0.5, 0.6) is 0 Å². The van der Waals surface area contributed by atoms with Gasteiger partial charge in [0.2, 0.25) is 5.91 Å². The number of benzene rings is 2. The average Bonchev–Trinajstić information content (AvgIpc) is 2.56. The maximum atomic E-state index is 12.1. The van der Waals surface area contributed by atoms with Crippen molar-refractivity contribution in [3.05, 3.63) is 58.6 Å². The fourth-order valence-corrected chi connectivity index (χ4v) is 2.36. The molecule has 0 saturated heterocycles. The first-order valence-electron chi connectivity index (χ1n) is 7.68. The van der Waals surface area contributed by atoms with E-state index in [1.807, 2.05) is 26.0 Å². The molecular formula is C18H20ClN3O2. The Labute approximate surface area is 146 Å². The van der Waals surface area contributed by atoms with Crippen LogP contribution in [0.3, 0.4) is 0 Å². The molecule has 2 rings (SSSR count). The van der Waals surface area contributed by atoms with Gasteiger partial charge in [-0.2, -0.15) is 0 Å². The van der Waals surface area contributed by atoms with Crippen molar-refractivity contribution in [2.45, 2.75) is 13.8 Å². The fraction of sp³-hybridized carbons (Fsp3) is 0.222. The van der Waals surface area contributed by atoms with Gasteiger partial charge in [0.25, 0.3) is 5.91 Å². The van der Waals surface area contributed by atoms with Gasteiger partial charge in [-0.1, -0.05) is 23.7 Å². The second-order valence-electron chi connectivity index (χ2n) is 5.25. The van der Waals surface area contributed by atoms with Crippen LogP contribution in [-0.4, -0.2) is 24.9 Å². The quantitative estimate of drug-likeness (QED) is 0.751. The third kappa shape index (κ3) is 4.73. The van der Waals surface area contributed by atoms with E-state index in [1.165, 1.54) is 0 Å². The molecule has 126 valence electrons. The molecule has 0 bridgehead atoms. The first-order chi connectivity index (χ1) is 11.5. The first kappa shape index (κ1) is 17.8. The minimum Gasteiger partial charge on any atom is -0.376 e. The Bertz CT molecular complexity index is 747. The van der Waals surface area contributed by atoms with Gasteiger partial charge >= 0.3 is 0 Å². The van der Waals surface area contributed by atoms with Crippen molar-refractivity contribution in [3.8, 4) is 0 Å². The lowest BCUT2D eigenvalue weighted by molar-refractivity contribution is -0.114. The Hall–Kier alpha value is -2.53. The molecule has 0 unspecified atom stereocenters. The number of nitrogens with one attached hydrogen (secondary N) is 3. The van der Waals surface area contributed by atoms with E-state index in [-0.39, 0.29) is 18.4 Å². The van der Waals surface area contributed by atoms with E-state index in [0.717, 1.165) is 11.3 Å². The first-order valence-corrected chi connectivity index (χ1v) is 8.06. The molecule has 0 atom stereocenters. The highest BCUT2D eigenvalue weighted by Gasteiger charge is 2.08. The summed E-state index contributed by atoms with van der Waals surface area (Å²) in [6.45, 7) is 4.40. The monoisotopic (exact) mass is 345 g/mol. The molecule has 2 aromatic carbocycles. The molecule has 5 nitrogen and oxygen atoms in total. The second-order valence-corrected chi connectivity index (χ2v) is 5.66. The summed E-state index contributed by atoms with van der Waals surface area (Å²) in [6.07, 6.45) is 0. The van der Waals surface area contributed by atoms with Crippen LogP contribution >= 0.6 is 11.6 Å². The fourth-order valence-electron chi connectivity index (χ4n) is 2.18. The van der Waals surface area contributed by atoms with Crippen molar-refractivity contribution in [2.24, 2.45) is 0 Å². The molecule has 3 N–H and O–H groups in total. The van der Waals surface area contributed by atoms with E-state index in [9.17, 15) is 9.59 Å². The predicted molar refractivity (Wildman–Crippen MR) is 97.8 cm³/mol. The highest BCUT2D eigenvalue weighted by Crippen LogP contribution is 2.22. The average molecular weight is 346 g/mol. The maximum absolute atomic E-state index is 12.1. The van der Waals surface area contributed by atoms with Gasteiger partial charge in [-0.05, 0) is 49.7 Å². The zero-order valence-electron chi connectivity index (χ0n) is 13.7. The van der Waals surface area contributed by atoms with E-state index in [4.69, 9.17) is 11.6 Å². The number of anilines is 2. The molecule has 0 heterocycles. The van der Waals surface area contributed by atoms with E-state index in [0.29, 0.717) is 22.8 Å². The molecule has 24 heavy (non-hydrogen) atoms. The van der Waals surface area contributed by atoms with Gasteiger partial charge in [0.1, 0.15) is 0 Å². The van der Waals surface area contributed by atoms with Gasteiger partial charge in [0, 0.05) is 28.5 Å². The Morgan fingerprint density at radius 1 is 1.12 bits per heavy atom. The van der Waals surface area contributed by atoms with E-state index in [2.05, 4.69) is 16.0 Å². The lowest BCUT2D eigenvalue weighted by Crippen LogP contribution is -2.24. The Morgan fingerprint density at radius 3 is 2.62 bits per heavy atom. The van der Waals surface area contributed by atoms with Gasteiger partial charge in [-0.3, -0.25) is 9.59 Å². The van der Waals surface area contributed by atoms with E-state index >= 15 is 0 Å². The molecular weight excluding hydrogens is 326 g/mol. The molecule has 0 spiro atoms. The molecule has 6 heteroatoms. The van der Waals surface area contributed by atoms with Gasteiger partial charge in [0.15, 0.2) is 0 Å². The third-order valence-corrected chi connectivity index (χ3v) is 3.86. The lowest BCUT2D eigenvalue weighted by atomic mass is 10.2. The summed E-state index contributed by atoms with van der Waals surface area (Å²) in [4.78, 5) is 23.9. The van der Waals surface area contributed by atoms with Gasteiger partial charge in [-0.25, -0.2) is 0 Å². The Morgan fingerprint density at radius 2 is 1.88 bits per heavy atom. The molecule has 2 aromatic rings. The van der Waals surface area contributed by atoms with Crippen LogP contribution in [0.15, 0.2) is 42.5 Å². The van der Waals surface area contributed by atoms with Crippen molar-refractivity contribution in [3.63, 3.8) is 0 Å². The van der Waals surface area contributed by atoms with Crippen LogP contribution in [0.25, 0.3) is 0 Å². The van der Waals surface area contributed by atoms with Crippen molar-refractivity contribution in [2.75, 3.05) is 23.7 Å². The highest BCUT2D eigenvalue weighted by molar-refractivity contribution is 6.31. The Balaban J connectivity index is 1.96. The molecule has 2 amide bonds. The van der Waals surface area contributed by atoms with Gasteiger partial charge in [-0.15, -0.1) is 0 Å². The molecule has 0 aliphatic carbocycles. The summed E-state index contributed by atoms with van der Waals surface area (Å²) in [7, 11) is 0. The van der Waals surface area contributed by atoms with Gasteiger partial charge < -0.3 is 16.0 Å². The van der Waals surface area contributed by atoms with E-state index in [1.54, 1.807) is 30.3 Å². The van der Waals surface area contributed by atoms with Crippen molar-refractivity contribution in [1.82, 2.24) is 5.32 Å². The SMILES string of the molecule is CCNC(=O)c1cccc(NC(=O)CNc2cccc(Cl)c2C)c1. The summed E-state index contributed by atoms with van der Waals surface area (Å²) >= 11 is 6.05. The largest absolute Gasteiger partial charge is 0.376 e. The molecule has 0 aromatic heterocycles. The number of carbonyl (C=O) groups is 2. The smallest absolute Gasteiger partial charge is 0.251 e. The zero-order valence-corrected chi connectivity index (χ0v) is 14.4. The number of carbonyl (C=O) groups excluding carboxylic acids is 2. The minimum absolute atomic E-state index is 0.104. The van der Waals surface area contributed by atoms with Crippen LogP contribution < -0.4 is 16.0 Å². The van der Waals surface area contributed by atoms with Crippen LogP contribution in [0.1, 0.15) is 22.8 Å². The molecule has 0 aliphatic heterocycles. The predicted octanol–water partition coefficient (Wildman–Crippen LogP) is 3.45. The second kappa shape index (κ2) is 8.36.